The third-order valence-electron chi connectivity index (χ3n) is 6.54. The van der Waals surface area contributed by atoms with Crippen LogP contribution >= 0.6 is 0 Å². The van der Waals surface area contributed by atoms with Crippen molar-refractivity contribution in [1.29, 1.82) is 5.26 Å². The predicted octanol–water partition coefficient (Wildman–Crippen LogP) is 4.40. The number of rotatable bonds is 4. The maximum absolute atomic E-state index is 13.4. The molecule has 2 fully saturated rings. The number of carbonyl (C=O) groups excluding carboxylic acids is 1. The first-order chi connectivity index (χ1) is 16.2. The number of hydrogen-bond acceptors (Lipinski definition) is 7. The van der Waals surface area contributed by atoms with Crippen molar-refractivity contribution in [2.24, 2.45) is 10.9 Å². The van der Waals surface area contributed by atoms with Gasteiger partial charge in [-0.05, 0) is 49.9 Å². The Hall–Kier alpha value is -3.60. The molecule has 33 heavy (non-hydrogen) atoms. The first-order valence-electron chi connectivity index (χ1n) is 11.7. The minimum Gasteiger partial charge on any atom is -0.459 e. The quantitative estimate of drug-likeness (QED) is 0.590. The molecule has 1 aliphatic carbocycles. The number of oxazole rings is 1. The van der Waals surface area contributed by atoms with Gasteiger partial charge in [-0.1, -0.05) is 25.3 Å². The zero-order chi connectivity index (χ0) is 22.6. The summed E-state index contributed by atoms with van der Waals surface area (Å²) in [5.74, 6) is 1.19. The molecule has 0 unspecified atom stereocenters. The summed E-state index contributed by atoms with van der Waals surface area (Å²) in [6.45, 7) is 1.22. The van der Waals surface area contributed by atoms with E-state index < -0.39 is 0 Å². The smallest absolute Gasteiger partial charge is 0.266 e. The summed E-state index contributed by atoms with van der Waals surface area (Å²) in [7, 11) is 0. The molecule has 1 saturated carbocycles. The van der Waals surface area contributed by atoms with Crippen LogP contribution < -0.4 is 10.4 Å². The minimum absolute atomic E-state index is 0.0826. The number of furan rings is 1. The van der Waals surface area contributed by atoms with Gasteiger partial charge in [0.15, 0.2) is 5.76 Å². The second-order valence-corrected chi connectivity index (χ2v) is 8.71. The van der Waals surface area contributed by atoms with E-state index in [1.54, 1.807) is 23.0 Å². The van der Waals surface area contributed by atoms with Crippen molar-refractivity contribution in [1.82, 2.24) is 9.55 Å². The van der Waals surface area contributed by atoms with Gasteiger partial charge in [0, 0.05) is 25.2 Å². The molecule has 0 bridgehead atoms. The van der Waals surface area contributed by atoms with E-state index in [1.807, 2.05) is 29.3 Å². The monoisotopic (exact) mass is 445 g/mol. The maximum Gasteiger partial charge on any atom is 0.266 e. The van der Waals surface area contributed by atoms with Crippen molar-refractivity contribution >= 4 is 11.8 Å². The molecule has 1 saturated heterocycles. The number of piperidine rings is 1. The number of pyridine rings is 1. The zero-order valence-corrected chi connectivity index (χ0v) is 18.5. The number of anilines is 1. The molecule has 0 N–H and O–H groups in total. The molecule has 170 valence electrons. The van der Waals surface area contributed by atoms with Gasteiger partial charge >= 0.3 is 0 Å². The van der Waals surface area contributed by atoms with E-state index in [1.165, 1.54) is 19.3 Å². The van der Waals surface area contributed by atoms with Crippen molar-refractivity contribution in [3.63, 3.8) is 0 Å². The summed E-state index contributed by atoms with van der Waals surface area (Å²) < 4.78 is 12.9. The van der Waals surface area contributed by atoms with Crippen LogP contribution in [0.3, 0.4) is 0 Å². The van der Waals surface area contributed by atoms with Crippen LogP contribution in [0.2, 0.25) is 0 Å². The van der Waals surface area contributed by atoms with Crippen LogP contribution in [0.4, 0.5) is 5.88 Å². The Balaban J connectivity index is 1.30. The SMILES string of the molecule is N#Cc1nc(-c2ccco2)oc1N1CCC(C(=O)n2ccccc2=NC2CCCCC2)CC1. The van der Waals surface area contributed by atoms with Gasteiger partial charge in [-0.3, -0.25) is 14.4 Å². The number of aromatic nitrogens is 2. The average molecular weight is 446 g/mol. The summed E-state index contributed by atoms with van der Waals surface area (Å²) in [6.07, 6.45) is 10.6. The molecule has 1 aliphatic heterocycles. The van der Waals surface area contributed by atoms with Crippen LogP contribution in [-0.4, -0.2) is 34.6 Å². The van der Waals surface area contributed by atoms with Gasteiger partial charge in [0.05, 0.1) is 12.3 Å². The van der Waals surface area contributed by atoms with Crippen LogP contribution in [0, 0.1) is 17.2 Å². The molecule has 2 aliphatic rings. The lowest BCUT2D eigenvalue weighted by Crippen LogP contribution is -2.40. The topological polar surface area (TPSA) is 101 Å². The van der Waals surface area contributed by atoms with Crippen molar-refractivity contribution in [3.8, 4) is 17.7 Å². The normalized spacial score (nSPS) is 18.4. The van der Waals surface area contributed by atoms with Gasteiger partial charge in [-0.15, -0.1) is 0 Å². The predicted molar refractivity (Wildman–Crippen MR) is 121 cm³/mol. The zero-order valence-electron chi connectivity index (χ0n) is 18.5. The Labute approximate surface area is 192 Å². The molecule has 4 heterocycles. The number of hydrogen-bond donors (Lipinski definition) is 0. The fourth-order valence-electron chi connectivity index (χ4n) is 4.75. The molecular weight excluding hydrogens is 418 g/mol. The summed E-state index contributed by atoms with van der Waals surface area (Å²) in [5, 5.41) is 9.52. The van der Waals surface area contributed by atoms with Gasteiger partial charge in [-0.25, -0.2) is 0 Å². The number of carbonyl (C=O) groups is 1. The summed E-state index contributed by atoms with van der Waals surface area (Å²) in [5.41, 5.74) is 0.985. The van der Waals surface area contributed by atoms with E-state index in [9.17, 15) is 10.1 Å². The number of nitrogens with zero attached hydrogens (tertiary/aromatic N) is 5. The van der Waals surface area contributed by atoms with Gasteiger partial charge in [0.25, 0.3) is 5.89 Å². The first-order valence-corrected chi connectivity index (χ1v) is 11.7. The van der Waals surface area contributed by atoms with E-state index in [2.05, 4.69) is 11.1 Å². The molecule has 0 amide bonds. The van der Waals surface area contributed by atoms with E-state index >= 15 is 0 Å². The Kier molecular flexibility index (Phi) is 6.11. The van der Waals surface area contributed by atoms with Crippen molar-refractivity contribution in [2.45, 2.75) is 51.0 Å². The standard InChI is InChI=1S/C25H27N5O3/c26-17-20-25(33-23(28-20)21-9-6-16-32-21)29-14-11-18(12-15-29)24(31)30-13-5-4-10-22(30)27-19-7-2-1-3-8-19/h4-6,9-10,13,16,18-19H,1-3,7-8,11-12,14-15H2. The molecule has 0 atom stereocenters. The molecule has 3 aromatic rings. The highest BCUT2D eigenvalue weighted by Crippen LogP contribution is 2.31. The molecule has 8 nitrogen and oxygen atoms in total. The fourth-order valence-corrected chi connectivity index (χ4v) is 4.75. The van der Waals surface area contributed by atoms with Crippen molar-refractivity contribution < 1.29 is 13.6 Å². The summed E-state index contributed by atoms with van der Waals surface area (Å²) in [6, 6.07) is 11.7. The average Bonchev–Trinajstić information content (AvgIpc) is 3.55. The molecule has 3 aromatic heterocycles. The molecular formula is C25H27N5O3. The summed E-state index contributed by atoms with van der Waals surface area (Å²) >= 11 is 0. The molecule has 8 heteroatoms. The van der Waals surface area contributed by atoms with Crippen molar-refractivity contribution in [3.05, 3.63) is 54.0 Å². The third-order valence-corrected chi connectivity index (χ3v) is 6.54. The molecule has 0 radical (unpaired) electrons. The van der Waals surface area contributed by atoms with E-state index in [-0.39, 0.29) is 17.5 Å². The Morgan fingerprint density at radius 2 is 1.91 bits per heavy atom. The Morgan fingerprint density at radius 1 is 1.09 bits per heavy atom. The highest BCUT2D eigenvalue weighted by Gasteiger charge is 2.30. The molecule has 0 spiro atoms. The maximum atomic E-state index is 13.4. The lowest BCUT2D eigenvalue weighted by molar-refractivity contribution is 0.0806. The van der Waals surface area contributed by atoms with Crippen LogP contribution in [0.5, 0.6) is 0 Å². The van der Waals surface area contributed by atoms with Gasteiger partial charge in [0.1, 0.15) is 11.6 Å². The third kappa shape index (κ3) is 4.49. The highest BCUT2D eigenvalue weighted by atomic mass is 16.4. The fraction of sp³-hybridized carbons (Fsp3) is 0.440. The minimum atomic E-state index is -0.105. The van der Waals surface area contributed by atoms with Gasteiger partial charge < -0.3 is 13.7 Å². The molecule has 5 rings (SSSR count). The first kappa shape index (κ1) is 21.3. The highest BCUT2D eigenvalue weighted by molar-refractivity contribution is 5.81. The van der Waals surface area contributed by atoms with E-state index in [0.717, 1.165) is 18.3 Å². The van der Waals surface area contributed by atoms with Crippen LogP contribution in [0.25, 0.3) is 11.7 Å². The Bertz CT molecular complexity index is 1200. The Morgan fingerprint density at radius 3 is 2.64 bits per heavy atom. The number of nitriles is 1. The second kappa shape index (κ2) is 9.49. The molecule has 0 aromatic carbocycles. The van der Waals surface area contributed by atoms with Crippen LogP contribution in [0.15, 0.2) is 56.6 Å². The summed E-state index contributed by atoms with van der Waals surface area (Å²) in [4.78, 5) is 24.5. The van der Waals surface area contributed by atoms with E-state index in [4.69, 9.17) is 13.8 Å². The van der Waals surface area contributed by atoms with Crippen LogP contribution in [-0.2, 0) is 0 Å². The van der Waals surface area contributed by atoms with Gasteiger partial charge in [-0.2, -0.15) is 10.2 Å². The van der Waals surface area contributed by atoms with Gasteiger partial charge in [0.2, 0.25) is 17.5 Å². The largest absolute Gasteiger partial charge is 0.459 e. The lowest BCUT2D eigenvalue weighted by Gasteiger charge is -2.31. The van der Waals surface area contributed by atoms with Crippen LogP contribution in [0.1, 0.15) is 55.4 Å². The van der Waals surface area contributed by atoms with Crippen molar-refractivity contribution in [2.75, 3.05) is 18.0 Å². The lowest BCUT2D eigenvalue weighted by atomic mass is 9.95. The van der Waals surface area contributed by atoms with E-state index in [0.29, 0.717) is 49.5 Å². The second-order valence-electron chi connectivity index (χ2n) is 8.71.